The highest BCUT2D eigenvalue weighted by Gasteiger charge is 2.20. The molecule has 1 heterocycles. The molecule has 82 valence electrons. The predicted octanol–water partition coefficient (Wildman–Crippen LogP) is 1.28. The second kappa shape index (κ2) is 5.56. The minimum absolute atomic E-state index is 0.000648. The molecule has 0 radical (unpaired) electrons. The van der Waals surface area contributed by atoms with Crippen LogP contribution in [0.15, 0.2) is 18.6 Å². The number of hydrogen-bond acceptors (Lipinski definition) is 4. The van der Waals surface area contributed by atoms with E-state index in [1.165, 1.54) is 12.4 Å². The molecule has 0 amide bonds. The Morgan fingerprint density at radius 1 is 1.47 bits per heavy atom. The number of aromatic nitrogens is 2. The maximum atomic E-state index is 11.9. The molecular weight excluding hydrogens is 190 g/mol. The third-order valence-corrected chi connectivity index (χ3v) is 2.23. The summed E-state index contributed by atoms with van der Waals surface area (Å²) in [5, 5.41) is 0. The van der Waals surface area contributed by atoms with Gasteiger partial charge in [-0.05, 0) is 12.3 Å². The average molecular weight is 207 g/mol. The van der Waals surface area contributed by atoms with Crippen LogP contribution in [0.5, 0.6) is 0 Å². The van der Waals surface area contributed by atoms with Crippen molar-refractivity contribution >= 4 is 5.78 Å². The van der Waals surface area contributed by atoms with E-state index in [0.717, 1.165) is 6.42 Å². The number of Topliss-reactive ketones (excluding diaryl/α,β-unsaturated/α-hetero) is 1. The number of nitrogens with two attached hydrogens (primary N) is 1. The van der Waals surface area contributed by atoms with Gasteiger partial charge in [0, 0.05) is 24.9 Å². The number of hydrogen-bond donors (Lipinski definition) is 1. The van der Waals surface area contributed by atoms with Crippen LogP contribution in [-0.4, -0.2) is 22.3 Å². The number of carbonyl (C=O) groups excluding carboxylic acids is 1. The zero-order valence-corrected chi connectivity index (χ0v) is 9.18. The Bertz CT molecular complexity index is 311. The van der Waals surface area contributed by atoms with Gasteiger partial charge in [-0.2, -0.15) is 0 Å². The summed E-state index contributed by atoms with van der Waals surface area (Å²) in [6, 6.07) is 0. The molecule has 0 aliphatic rings. The van der Waals surface area contributed by atoms with Crippen LogP contribution in [0.1, 0.15) is 30.8 Å². The van der Waals surface area contributed by atoms with Crippen molar-refractivity contribution in [2.75, 3.05) is 6.54 Å². The first-order chi connectivity index (χ1) is 7.15. The van der Waals surface area contributed by atoms with Gasteiger partial charge in [0.1, 0.15) is 5.69 Å². The highest BCUT2D eigenvalue weighted by Crippen LogP contribution is 2.14. The largest absolute Gasteiger partial charge is 0.330 e. The standard InChI is InChI=1S/C11H17N3O/c1-8(2)5-9(6-12)11(15)10-7-13-3-4-14-10/h3-4,7-9H,5-6,12H2,1-2H3. The fourth-order valence-electron chi connectivity index (χ4n) is 1.51. The molecule has 0 saturated heterocycles. The minimum atomic E-state index is -0.137. The Balaban J connectivity index is 2.74. The van der Waals surface area contributed by atoms with Crippen LogP contribution in [-0.2, 0) is 0 Å². The SMILES string of the molecule is CC(C)CC(CN)C(=O)c1cnccn1. The molecule has 4 nitrogen and oxygen atoms in total. The lowest BCUT2D eigenvalue weighted by molar-refractivity contribution is 0.0903. The maximum Gasteiger partial charge on any atom is 0.187 e. The predicted molar refractivity (Wildman–Crippen MR) is 58.4 cm³/mol. The lowest BCUT2D eigenvalue weighted by Gasteiger charge is -2.14. The van der Waals surface area contributed by atoms with Gasteiger partial charge in [0.05, 0.1) is 6.20 Å². The Labute approximate surface area is 89.9 Å². The Morgan fingerprint density at radius 3 is 2.67 bits per heavy atom. The van der Waals surface area contributed by atoms with Crippen LogP contribution in [0.4, 0.5) is 0 Å². The molecule has 0 saturated carbocycles. The molecular formula is C11H17N3O. The third kappa shape index (κ3) is 3.40. The molecule has 0 aliphatic heterocycles. The van der Waals surface area contributed by atoms with E-state index in [1.54, 1.807) is 6.20 Å². The second-order valence-electron chi connectivity index (χ2n) is 4.02. The van der Waals surface area contributed by atoms with Crippen molar-refractivity contribution in [3.8, 4) is 0 Å². The van der Waals surface area contributed by atoms with Crippen LogP contribution in [0.25, 0.3) is 0 Å². The summed E-state index contributed by atoms with van der Waals surface area (Å²) < 4.78 is 0. The van der Waals surface area contributed by atoms with E-state index in [4.69, 9.17) is 5.73 Å². The van der Waals surface area contributed by atoms with Crippen LogP contribution in [0.2, 0.25) is 0 Å². The molecule has 2 N–H and O–H groups in total. The van der Waals surface area contributed by atoms with Crippen LogP contribution in [0.3, 0.4) is 0 Å². The summed E-state index contributed by atoms with van der Waals surface area (Å²) in [4.78, 5) is 19.8. The molecule has 1 unspecified atom stereocenters. The first kappa shape index (κ1) is 11.8. The fraction of sp³-hybridized carbons (Fsp3) is 0.545. The van der Waals surface area contributed by atoms with Gasteiger partial charge in [0.2, 0.25) is 0 Å². The van der Waals surface area contributed by atoms with Gasteiger partial charge in [-0.3, -0.25) is 9.78 Å². The van der Waals surface area contributed by atoms with Gasteiger partial charge in [0.15, 0.2) is 5.78 Å². The normalized spacial score (nSPS) is 12.8. The summed E-state index contributed by atoms with van der Waals surface area (Å²) in [6.45, 7) is 4.52. The van der Waals surface area contributed by atoms with Crippen molar-refractivity contribution in [2.24, 2.45) is 17.6 Å². The van der Waals surface area contributed by atoms with Crippen molar-refractivity contribution in [1.82, 2.24) is 9.97 Å². The summed E-state index contributed by atoms with van der Waals surface area (Å²) in [7, 11) is 0. The van der Waals surface area contributed by atoms with Crippen molar-refractivity contribution in [1.29, 1.82) is 0 Å². The van der Waals surface area contributed by atoms with Gasteiger partial charge in [-0.15, -0.1) is 0 Å². The summed E-state index contributed by atoms with van der Waals surface area (Å²) >= 11 is 0. The molecule has 1 rings (SSSR count). The minimum Gasteiger partial charge on any atom is -0.330 e. The first-order valence-electron chi connectivity index (χ1n) is 5.15. The van der Waals surface area contributed by atoms with Gasteiger partial charge in [0.25, 0.3) is 0 Å². The summed E-state index contributed by atoms with van der Waals surface area (Å²) in [5.41, 5.74) is 6.00. The Hall–Kier alpha value is -1.29. The molecule has 0 aliphatic carbocycles. The maximum absolute atomic E-state index is 11.9. The number of rotatable bonds is 5. The Kier molecular flexibility index (Phi) is 4.37. The van der Waals surface area contributed by atoms with E-state index in [1.807, 2.05) is 0 Å². The monoisotopic (exact) mass is 207 g/mol. The van der Waals surface area contributed by atoms with Crippen molar-refractivity contribution in [2.45, 2.75) is 20.3 Å². The number of carbonyl (C=O) groups is 1. The van der Waals surface area contributed by atoms with E-state index in [2.05, 4.69) is 23.8 Å². The molecule has 0 spiro atoms. The average Bonchev–Trinajstić information content (AvgIpc) is 2.26. The van der Waals surface area contributed by atoms with Crippen molar-refractivity contribution in [3.63, 3.8) is 0 Å². The topological polar surface area (TPSA) is 68.9 Å². The number of nitrogens with zero attached hydrogens (tertiary/aromatic N) is 2. The van der Waals surface area contributed by atoms with Gasteiger partial charge in [-0.25, -0.2) is 4.98 Å². The third-order valence-electron chi connectivity index (χ3n) is 2.23. The highest BCUT2D eigenvalue weighted by atomic mass is 16.1. The number of ketones is 1. The summed E-state index contributed by atoms with van der Waals surface area (Å²) in [6.07, 6.45) is 5.37. The second-order valence-corrected chi connectivity index (χ2v) is 4.02. The van der Waals surface area contributed by atoms with Gasteiger partial charge in [-0.1, -0.05) is 13.8 Å². The van der Waals surface area contributed by atoms with Crippen LogP contribution in [0, 0.1) is 11.8 Å². The highest BCUT2D eigenvalue weighted by molar-refractivity contribution is 5.95. The molecule has 1 aromatic heterocycles. The lowest BCUT2D eigenvalue weighted by atomic mass is 9.92. The quantitative estimate of drug-likeness (QED) is 0.738. The van der Waals surface area contributed by atoms with E-state index >= 15 is 0 Å². The zero-order valence-electron chi connectivity index (χ0n) is 9.18. The molecule has 15 heavy (non-hydrogen) atoms. The molecule has 4 heteroatoms. The van der Waals surface area contributed by atoms with E-state index in [-0.39, 0.29) is 11.7 Å². The van der Waals surface area contributed by atoms with Crippen molar-refractivity contribution < 1.29 is 4.79 Å². The van der Waals surface area contributed by atoms with E-state index in [9.17, 15) is 4.79 Å². The Morgan fingerprint density at radius 2 is 2.20 bits per heavy atom. The van der Waals surface area contributed by atoms with Gasteiger partial charge >= 0.3 is 0 Å². The molecule has 1 aromatic rings. The molecule has 0 aromatic carbocycles. The zero-order chi connectivity index (χ0) is 11.3. The first-order valence-corrected chi connectivity index (χ1v) is 5.15. The molecule has 0 fully saturated rings. The molecule has 0 bridgehead atoms. The van der Waals surface area contributed by atoms with Crippen molar-refractivity contribution in [3.05, 3.63) is 24.3 Å². The summed E-state index contributed by atoms with van der Waals surface area (Å²) in [5.74, 6) is 0.320. The van der Waals surface area contributed by atoms with E-state index < -0.39 is 0 Å². The fourth-order valence-corrected chi connectivity index (χ4v) is 1.51. The smallest absolute Gasteiger partial charge is 0.187 e. The van der Waals surface area contributed by atoms with E-state index in [0.29, 0.717) is 18.2 Å². The van der Waals surface area contributed by atoms with Crippen LogP contribution < -0.4 is 5.73 Å². The lowest BCUT2D eigenvalue weighted by Crippen LogP contribution is -2.26. The van der Waals surface area contributed by atoms with Crippen LogP contribution >= 0.6 is 0 Å². The van der Waals surface area contributed by atoms with Gasteiger partial charge < -0.3 is 5.73 Å². The molecule has 1 atom stereocenters.